The Bertz CT molecular complexity index is 173. The fraction of sp³-hybridized carbons (Fsp3) is 0.200. The van der Waals surface area contributed by atoms with Crippen LogP contribution in [0.1, 0.15) is 5.56 Å². The second-order valence-electron chi connectivity index (χ2n) is 1.69. The number of H-pyrrole nitrogens is 1. The second kappa shape index (κ2) is 2.07. The third-order valence-electron chi connectivity index (χ3n) is 0.973. The molecular weight excluding hydrogens is 138 g/mol. The van der Waals surface area contributed by atoms with Gasteiger partial charge in [-0.15, -0.1) is 25.3 Å². The highest BCUT2D eigenvalue weighted by Crippen LogP contribution is 2.14. The fourth-order valence-electron chi connectivity index (χ4n) is 0.529. The first-order valence-electron chi connectivity index (χ1n) is 2.27. The van der Waals surface area contributed by atoms with Crippen LogP contribution in [0.5, 0.6) is 0 Å². The lowest BCUT2D eigenvalue weighted by Gasteiger charge is -1.80. The molecule has 1 rings (SSSR count). The second-order valence-corrected chi connectivity index (χ2v) is 2.62. The molecule has 0 unspecified atom stereocenters. The largest absolute Gasteiger partial charge is 0.345 e. The minimum absolute atomic E-state index is 0.868. The molecule has 0 aliphatic carbocycles. The molecule has 0 spiro atoms. The normalized spacial score (nSPS) is 9.88. The molecule has 0 atom stereocenters. The number of aromatic nitrogens is 1. The molecule has 0 fully saturated rings. The van der Waals surface area contributed by atoms with Crippen molar-refractivity contribution in [2.24, 2.45) is 0 Å². The third-order valence-corrected chi connectivity index (χ3v) is 1.68. The number of thiol groups is 2. The van der Waals surface area contributed by atoms with E-state index in [2.05, 4.69) is 30.2 Å². The SMILES string of the molecule is Cc1cc(S)[nH]c1S. The maximum atomic E-state index is 4.11. The fourth-order valence-corrected chi connectivity index (χ4v) is 1.11. The molecule has 0 bridgehead atoms. The molecule has 0 aliphatic heterocycles. The molecule has 1 aromatic heterocycles. The zero-order valence-electron chi connectivity index (χ0n) is 4.47. The van der Waals surface area contributed by atoms with E-state index in [-0.39, 0.29) is 0 Å². The molecule has 0 radical (unpaired) electrons. The van der Waals surface area contributed by atoms with E-state index >= 15 is 0 Å². The molecule has 0 saturated heterocycles. The molecule has 0 aliphatic rings. The Morgan fingerprint density at radius 2 is 2.12 bits per heavy atom. The minimum Gasteiger partial charge on any atom is -0.345 e. The van der Waals surface area contributed by atoms with E-state index in [1.165, 1.54) is 0 Å². The average Bonchev–Trinajstić information content (AvgIpc) is 1.85. The van der Waals surface area contributed by atoms with Gasteiger partial charge < -0.3 is 4.98 Å². The first-order valence-corrected chi connectivity index (χ1v) is 3.17. The Labute approximate surface area is 59.3 Å². The highest BCUT2D eigenvalue weighted by molar-refractivity contribution is 7.81. The smallest absolute Gasteiger partial charge is 0.0729 e. The molecule has 44 valence electrons. The van der Waals surface area contributed by atoms with Gasteiger partial charge in [-0.1, -0.05) is 0 Å². The van der Waals surface area contributed by atoms with E-state index in [0.29, 0.717) is 0 Å². The van der Waals surface area contributed by atoms with E-state index in [9.17, 15) is 0 Å². The summed E-state index contributed by atoms with van der Waals surface area (Å²) in [6, 6.07) is 1.94. The van der Waals surface area contributed by atoms with Gasteiger partial charge in [-0.2, -0.15) is 0 Å². The molecule has 0 amide bonds. The molecular formula is C5H7NS2. The molecule has 0 saturated carbocycles. The summed E-state index contributed by atoms with van der Waals surface area (Å²) in [5.74, 6) is 0. The Kier molecular flexibility index (Phi) is 1.58. The van der Waals surface area contributed by atoms with Crippen molar-refractivity contribution in [1.29, 1.82) is 0 Å². The third kappa shape index (κ3) is 1.03. The van der Waals surface area contributed by atoms with Gasteiger partial charge in [-0.05, 0) is 18.6 Å². The van der Waals surface area contributed by atoms with Crippen molar-refractivity contribution in [1.82, 2.24) is 4.98 Å². The van der Waals surface area contributed by atoms with Gasteiger partial charge in [-0.25, -0.2) is 0 Å². The Balaban J connectivity index is 3.14. The first-order chi connectivity index (χ1) is 3.70. The van der Waals surface area contributed by atoms with Crippen molar-refractivity contribution in [2.45, 2.75) is 17.0 Å². The lowest BCUT2D eigenvalue weighted by Crippen LogP contribution is -1.63. The van der Waals surface area contributed by atoms with Crippen LogP contribution in [-0.2, 0) is 0 Å². The standard InChI is InChI=1S/C5H7NS2/c1-3-2-4(7)6-5(3)8/h2,6-8H,1H3. The molecule has 0 aromatic carbocycles. The van der Waals surface area contributed by atoms with Gasteiger partial charge in [0.25, 0.3) is 0 Å². The molecule has 1 N–H and O–H groups in total. The zero-order chi connectivity index (χ0) is 6.15. The van der Waals surface area contributed by atoms with E-state index in [4.69, 9.17) is 0 Å². The van der Waals surface area contributed by atoms with Crippen molar-refractivity contribution in [3.8, 4) is 0 Å². The summed E-state index contributed by atoms with van der Waals surface area (Å²) in [7, 11) is 0. The van der Waals surface area contributed by atoms with Crippen molar-refractivity contribution in [3.05, 3.63) is 11.6 Å². The van der Waals surface area contributed by atoms with Crippen molar-refractivity contribution < 1.29 is 0 Å². The molecule has 8 heavy (non-hydrogen) atoms. The van der Waals surface area contributed by atoms with Gasteiger partial charge in [-0.3, -0.25) is 0 Å². The molecule has 1 aromatic rings. The lowest BCUT2D eigenvalue weighted by atomic mass is 10.4. The molecule has 1 heterocycles. The van der Waals surface area contributed by atoms with Crippen LogP contribution < -0.4 is 0 Å². The summed E-state index contributed by atoms with van der Waals surface area (Å²) in [5, 5.41) is 1.77. The average molecular weight is 145 g/mol. The van der Waals surface area contributed by atoms with Crippen LogP contribution in [0.3, 0.4) is 0 Å². The number of hydrogen-bond acceptors (Lipinski definition) is 2. The topological polar surface area (TPSA) is 15.8 Å². The summed E-state index contributed by atoms with van der Waals surface area (Å²) in [5.41, 5.74) is 1.14. The van der Waals surface area contributed by atoms with Gasteiger partial charge in [0.05, 0.1) is 10.1 Å². The summed E-state index contributed by atoms with van der Waals surface area (Å²) in [6.45, 7) is 1.98. The Morgan fingerprint density at radius 3 is 2.25 bits per heavy atom. The maximum Gasteiger partial charge on any atom is 0.0729 e. The summed E-state index contributed by atoms with van der Waals surface area (Å²) in [6.07, 6.45) is 0. The highest BCUT2D eigenvalue weighted by atomic mass is 32.1. The Hall–Kier alpha value is -0.0200. The summed E-state index contributed by atoms with van der Waals surface area (Å²) in [4.78, 5) is 2.94. The van der Waals surface area contributed by atoms with Crippen molar-refractivity contribution >= 4 is 25.3 Å². The van der Waals surface area contributed by atoms with Crippen molar-refractivity contribution in [2.75, 3.05) is 0 Å². The number of aromatic amines is 1. The van der Waals surface area contributed by atoms with Crippen LogP contribution in [0.25, 0.3) is 0 Å². The van der Waals surface area contributed by atoms with Crippen LogP contribution in [0, 0.1) is 6.92 Å². The van der Waals surface area contributed by atoms with Gasteiger partial charge in [0, 0.05) is 0 Å². The van der Waals surface area contributed by atoms with E-state index < -0.39 is 0 Å². The van der Waals surface area contributed by atoms with Crippen LogP contribution in [0.2, 0.25) is 0 Å². The quantitative estimate of drug-likeness (QED) is 0.462. The number of nitrogens with one attached hydrogen (secondary N) is 1. The van der Waals surface area contributed by atoms with Gasteiger partial charge in [0.2, 0.25) is 0 Å². The van der Waals surface area contributed by atoms with E-state index in [1.54, 1.807) is 0 Å². The number of rotatable bonds is 0. The predicted octanol–water partition coefficient (Wildman–Crippen LogP) is 1.90. The monoisotopic (exact) mass is 145 g/mol. The van der Waals surface area contributed by atoms with Crippen LogP contribution >= 0.6 is 25.3 Å². The van der Waals surface area contributed by atoms with E-state index in [1.807, 2.05) is 13.0 Å². The van der Waals surface area contributed by atoms with Crippen LogP contribution in [-0.4, -0.2) is 4.98 Å². The van der Waals surface area contributed by atoms with E-state index in [0.717, 1.165) is 15.6 Å². The number of hydrogen-bond donors (Lipinski definition) is 3. The maximum absolute atomic E-state index is 4.11. The molecule has 3 heteroatoms. The summed E-state index contributed by atoms with van der Waals surface area (Å²) < 4.78 is 0. The lowest BCUT2D eigenvalue weighted by molar-refractivity contribution is 1.08. The Morgan fingerprint density at radius 1 is 1.50 bits per heavy atom. The molecule has 1 nitrogen and oxygen atoms in total. The zero-order valence-corrected chi connectivity index (χ0v) is 6.26. The number of aryl methyl sites for hydroxylation is 1. The summed E-state index contributed by atoms with van der Waals surface area (Å²) >= 11 is 8.18. The van der Waals surface area contributed by atoms with Gasteiger partial charge >= 0.3 is 0 Å². The predicted molar refractivity (Wildman–Crippen MR) is 40.0 cm³/mol. The van der Waals surface area contributed by atoms with Crippen LogP contribution in [0.4, 0.5) is 0 Å². The first kappa shape index (κ1) is 6.11. The minimum atomic E-state index is 0.868. The van der Waals surface area contributed by atoms with Gasteiger partial charge in [0.1, 0.15) is 0 Å². The highest BCUT2D eigenvalue weighted by Gasteiger charge is 1.93. The van der Waals surface area contributed by atoms with Crippen molar-refractivity contribution in [3.63, 3.8) is 0 Å². The van der Waals surface area contributed by atoms with Crippen LogP contribution in [0.15, 0.2) is 16.1 Å². The van der Waals surface area contributed by atoms with Gasteiger partial charge in [0.15, 0.2) is 0 Å².